The Hall–Kier alpha value is -2.37. The second kappa shape index (κ2) is 11.7. The van der Waals surface area contributed by atoms with Crippen LogP contribution in [0.2, 0.25) is 5.15 Å². The van der Waals surface area contributed by atoms with Crippen molar-refractivity contribution >= 4 is 28.3 Å². The number of fused-ring (bicyclic) bond motifs is 1. The molecule has 0 N–H and O–H groups in total. The van der Waals surface area contributed by atoms with E-state index in [4.69, 9.17) is 11.6 Å². The predicted octanol–water partition coefficient (Wildman–Crippen LogP) is 6.35. The molecule has 1 amide bonds. The minimum atomic E-state index is -0.0721. The molecule has 5 nitrogen and oxygen atoms in total. The van der Waals surface area contributed by atoms with Crippen LogP contribution >= 0.6 is 11.6 Å². The van der Waals surface area contributed by atoms with Crippen LogP contribution in [0.25, 0.3) is 22.2 Å². The average molecular weight is 469 g/mol. The van der Waals surface area contributed by atoms with Gasteiger partial charge in [0.1, 0.15) is 11.5 Å². The summed E-state index contributed by atoms with van der Waals surface area (Å²) in [6.07, 6.45) is 4.89. The van der Waals surface area contributed by atoms with Crippen molar-refractivity contribution in [3.8, 4) is 11.4 Å². The molecule has 6 heteroatoms. The van der Waals surface area contributed by atoms with E-state index in [9.17, 15) is 4.79 Å². The van der Waals surface area contributed by atoms with Gasteiger partial charge in [-0.1, -0.05) is 74.3 Å². The van der Waals surface area contributed by atoms with Crippen molar-refractivity contribution in [3.05, 3.63) is 53.3 Å². The lowest BCUT2D eigenvalue weighted by atomic mass is 9.92. The summed E-state index contributed by atoms with van der Waals surface area (Å²) in [7, 11) is 4.04. The smallest absolute Gasteiger partial charge is 0.273 e. The number of rotatable bonds is 8. The molecule has 0 unspecified atom stereocenters. The Morgan fingerprint density at radius 3 is 2.45 bits per heavy atom. The topological polar surface area (TPSA) is 41.4 Å². The van der Waals surface area contributed by atoms with E-state index in [1.54, 1.807) is 4.90 Å². The van der Waals surface area contributed by atoms with Crippen LogP contribution in [0.4, 0.5) is 0 Å². The molecule has 1 aliphatic carbocycles. The van der Waals surface area contributed by atoms with E-state index in [0.717, 1.165) is 41.2 Å². The summed E-state index contributed by atoms with van der Waals surface area (Å²) in [5, 5.41) is 2.52. The maximum atomic E-state index is 13.3. The van der Waals surface area contributed by atoms with Crippen LogP contribution in [0.15, 0.2) is 42.5 Å². The van der Waals surface area contributed by atoms with E-state index in [1.165, 1.54) is 19.3 Å². The number of halogens is 1. The molecule has 0 atom stereocenters. The third-order valence-electron chi connectivity index (χ3n) is 6.52. The second-order valence-electron chi connectivity index (χ2n) is 8.49. The lowest BCUT2D eigenvalue weighted by Crippen LogP contribution is -2.39. The molecule has 1 saturated carbocycles. The highest BCUT2D eigenvalue weighted by Gasteiger charge is 2.26. The van der Waals surface area contributed by atoms with Gasteiger partial charge in [0.25, 0.3) is 5.91 Å². The number of hydrogen-bond donors (Lipinski definition) is 0. The van der Waals surface area contributed by atoms with Crippen LogP contribution in [-0.4, -0.2) is 58.5 Å². The molecule has 1 heterocycles. The highest BCUT2D eigenvalue weighted by molar-refractivity contribution is 6.32. The number of nitrogens with zero attached hydrogens (tertiary/aromatic N) is 4. The van der Waals surface area contributed by atoms with Gasteiger partial charge in [-0.25, -0.2) is 4.98 Å². The van der Waals surface area contributed by atoms with Gasteiger partial charge in [-0.15, -0.1) is 0 Å². The van der Waals surface area contributed by atoms with Crippen LogP contribution in [0.5, 0.6) is 0 Å². The molecule has 0 radical (unpaired) electrons. The summed E-state index contributed by atoms with van der Waals surface area (Å²) >= 11 is 6.53. The van der Waals surface area contributed by atoms with Crippen molar-refractivity contribution in [3.63, 3.8) is 0 Å². The van der Waals surface area contributed by atoms with Gasteiger partial charge in [0.2, 0.25) is 0 Å². The van der Waals surface area contributed by atoms with Crippen molar-refractivity contribution in [1.29, 1.82) is 0 Å². The van der Waals surface area contributed by atoms with Crippen molar-refractivity contribution in [2.75, 3.05) is 27.2 Å². The quantitative estimate of drug-likeness (QED) is 0.386. The van der Waals surface area contributed by atoms with E-state index in [2.05, 4.69) is 35.1 Å². The van der Waals surface area contributed by atoms with Crippen LogP contribution in [-0.2, 0) is 6.54 Å². The Balaban J connectivity index is 0.00000149. The highest BCUT2D eigenvalue weighted by Crippen LogP contribution is 2.32. The van der Waals surface area contributed by atoms with Crippen LogP contribution in [0, 0.1) is 0 Å². The molecule has 3 aromatic rings. The molecule has 178 valence electrons. The van der Waals surface area contributed by atoms with Gasteiger partial charge in [0.15, 0.2) is 5.15 Å². The first-order valence-corrected chi connectivity index (χ1v) is 12.6. The number of benzene rings is 2. The maximum absolute atomic E-state index is 13.3. The van der Waals surface area contributed by atoms with Gasteiger partial charge in [-0.3, -0.25) is 4.79 Å². The zero-order chi connectivity index (χ0) is 24.0. The Labute approximate surface area is 203 Å². The molecule has 0 saturated heterocycles. The zero-order valence-electron chi connectivity index (χ0n) is 20.6. The molecule has 33 heavy (non-hydrogen) atoms. The summed E-state index contributed by atoms with van der Waals surface area (Å²) in [5.74, 6) is 0.669. The second-order valence-corrected chi connectivity index (χ2v) is 8.85. The predicted molar refractivity (Wildman–Crippen MR) is 139 cm³/mol. The molecule has 0 bridgehead atoms. The minimum absolute atomic E-state index is 0.0721. The summed E-state index contributed by atoms with van der Waals surface area (Å²) < 4.78 is 1.95. The zero-order valence-corrected chi connectivity index (χ0v) is 21.4. The molecule has 0 spiro atoms. The first-order valence-electron chi connectivity index (χ1n) is 12.2. The first-order chi connectivity index (χ1) is 16.0. The van der Waals surface area contributed by atoms with Gasteiger partial charge in [0.05, 0.1) is 0 Å². The fourth-order valence-electron chi connectivity index (χ4n) is 4.41. The van der Waals surface area contributed by atoms with Gasteiger partial charge in [0, 0.05) is 31.7 Å². The van der Waals surface area contributed by atoms with Crippen molar-refractivity contribution < 1.29 is 4.79 Å². The number of amides is 1. The molecule has 2 aromatic carbocycles. The molecular weight excluding hydrogens is 432 g/mol. The summed E-state index contributed by atoms with van der Waals surface area (Å²) in [6, 6.07) is 15.1. The fraction of sp³-hybridized carbons (Fsp3) is 0.481. The Kier molecular flexibility index (Phi) is 8.93. The summed E-state index contributed by atoms with van der Waals surface area (Å²) in [4.78, 5) is 22.1. The largest absolute Gasteiger partial charge is 0.340 e. The molecule has 0 aliphatic heterocycles. The molecule has 1 fully saturated rings. The van der Waals surface area contributed by atoms with Gasteiger partial charge in [-0.05, 0) is 50.6 Å². The maximum Gasteiger partial charge on any atom is 0.273 e. The van der Waals surface area contributed by atoms with E-state index >= 15 is 0 Å². The van der Waals surface area contributed by atoms with Crippen LogP contribution in [0.1, 0.15) is 56.9 Å². The van der Waals surface area contributed by atoms with Crippen molar-refractivity contribution in [2.45, 2.75) is 59.0 Å². The number of imidazole rings is 1. The van der Waals surface area contributed by atoms with E-state index in [0.29, 0.717) is 18.8 Å². The molecular formula is C27H37ClN4O. The normalized spacial score (nSPS) is 13.5. The first kappa shape index (κ1) is 25.3. The third-order valence-corrected chi connectivity index (χ3v) is 6.79. The monoisotopic (exact) mass is 468 g/mol. The Morgan fingerprint density at radius 1 is 1.09 bits per heavy atom. The minimum Gasteiger partial charge on any atom is -0.340 e. The average Bonchev–Trinajstić information content (AvgIpc) is 3.14. The summed E-state index contributed by atoms with van der Waals surface area (Å²) in [6.45, 7) is 8.35. The van der Waals surface area contributed by atoms with Crippen LogP contribution < -0.4 is 0 Å². The number of aromatic nitrogens is 2. The van der Waals surface area contributed by atoms with Crippen molar-refractivity contribution in [2.24, 2.45) is 0 Å². The Bertz CT molecular complexity index is 1070. The number of hydrogen-bond acceptors (Lipinski definition) is 3. The lowest BCUT2D eigenvalue weighted by molar-refractivity contribution is 0.0772. The highest BCUT2D eigenvalue weighted by atomic mass is 35.5. The SMILES string of the molecule is CC.CCn1c(-c2cccc3ccccc23)nc(Cl)c1C(=O)N(C)CCCN(C)C1CCC1. The summed E-state index contributed by atoms with van der Waals surface area (Å²) in [5.41, 5.74) is 1.47. The molecule has 4 rings (SSSR count). The standard InChI is InChI=1S/C25H31ClN4O.C2H6/c1-4-30-22(25(31)29(3)17-9-16-28(2)19-12-8-13-19)23(26)27-24(30)21-15-7-11-18-10-5-6-14-20(18)21;1-2/h5-7,10-11,14-15,19H,4,8-9,12-13,16-17H2,1-3H3;1-2H3. The van der Waals surface area contributed by atoms with E-state index < -0.39 is 0 Å². The van der Waals surface area contributed by atoms with Gasteiger partial charge in [-0.2, -0.15) is 0 Å². The van der Waals surface area contributed by atoms with Crippen molar-refractivity contribution in [1.82, 2.24) is 19.4 Å². The number of carbonyl (C=O) groups is 1. The van der Waals surface area contributed by atoms with Gasteiger partial charge >= 0.3 is 0 Å². The van der Waals surface area contributed by atoms with E-state index in [-0.39, 0.29) is 11.1 Å². The van der Waals surface area contributed by atoms with Crippen LogP contribution in [0.3, 0.4) is 0 Å². The number of carbonyl (C=O) groups excluding carboxylic acids is 1. The third kappa shape index (κ3) is 5.42. The fourth-order valence-corrected chi connectivity index (χ4v) is 4.67. The lowest BCUT2D eigenvalue weighted by Gasteiger charge is -2.35. The van der Waals surface area contributed by atoms with Gasteiger partial charge < -0.3 is 14.4 Å². The van der Waals surface area contributed by atoms with E-state index in [1.807, 2.05) is 56.7 Å². The Morgan fingerprint density at radius 2 is 1.79 bits per heavy atom. The molecule has 1 aromatic heterocycles. The molecule has 1 aliphatic rings.